The molecule has 1 aromatic heterocycles. The molecule has 0 atom stereocenters. The van der Waals surface area contributed by atoms with Crippen LogP contribution in [0.25, 0.3) is 10.9 Å². The SMILES string of the molecule is C#CCOc1ccc(C=Nn2c(C3CCCCC3)nc3ccccc3c2=O)cc1Cl. The van der Waals surface area contributed by atoms with Crippen LogP contribution in [0.2, 0.25) is 5.02 Å². The van der Waals surface area contributed by atoms with Crippen LogP contribution in [0.1, 0.15) is 49.4 Å². The number of hydrogen-bond acceptors (Lipinski definition) is 4. The first-order valence-corrected chi connectivity index (χ1v) is 10.5. The third-order valence-corrected chi connectivity index (χ3v) is 5.63. The molecule has 1 aliphatic rings. The smallest absolute Gasteiger partial charge is 0.282 e. The summed E-state index contributed by atoms with van der Waals surface area (Å²) in [6, 6.07) is 12.7. The van der Waals surface area contributed by atoms with E-state index >= 15 is 0 Å². The lowest BCUT2D eigenvalue weighted by Crippen LogP contribution is -2.25. The Kier molecular flexibility index (Phi) is 6.15. The number of halogens is 1. The van der Waals surface area contributed by atoms with Crippen LogP contribution in [-0.4, -0.2) is 22.5 Å². The molecule has 0 unspecified atom stereocenters. The van der Waals surface area contributed by atoms with E-state index < -0.39 is 0 Å². The summed E-state index contributed by atoms with van der Waals surface area (Å²) >= 11 is 6.27. The summed E-state index contributed by atoms with van der Waals surface area (Å²) in [5.41, 5.74) is 1.31. The summed E-state index contributed by atoms with van der Waals surface area (Å²) in [6.07, 6.45) is 12.4. The Morgan fingerprint density at radius 1 is 1.23 bits per heavy atom. The highest BCUT2D eigenvalue weighted by atomic mass is 35.5. The first-order valence-electron chi connectivity index (χ1n) is 10.1. The third-order valence-electron chi connectivity index (χ3n) is 5.34. The van der Waals surface area contributed by atoms with Gasteiger partial charge in [0, 0.05) is 5.92 Å². The molecule has 152 valence electrons. The van der Waals surface area contributed by atoms with Crippen LogP contribution in [-0.2, 0) is 0 Å². The highest BCUT2D eigenvalue weighted by molar-refractivity contribution is 6.32. The maximum Gasteiger partial charge on any atom is 0.282 e. The Balaban J connectivity index is 1.74. The van der Waals surface area contributed by atoms with Crippen LogP contribution < -0.4 is 10.3 Å². The number of aromatic nitrogens is 2. The van der Waals surface area contributed by atoms with Gasteiger partial charge in [-0.15, -0.1) is 6.42 Å². The minimum absolute atomic E-state index is 0.149. The normalized spacial score (nSPS) is 14.8. The van der Waals surface area contributed by atoms with Crippen molar-refractivity contribution in [1.82, 2.24) is 9.66 Å². The average Bonchev–Trinajstić information content (AvgIpc) is 2.78. The zero-order valence-electron chi connectivity index (χ0n) is 16.6. The van der Waals surface area contributed by atoms with Crippen molar-refractivity contribution in [2.75, 3.05) is 6.61 Å². The molecule has 1 fully saturated rings. The lowest BCUT2D eigenvalue weighted by Gasteiger charge is -2.22. The molecule has 5 nitrogen and oxygen atoms in total. The van der Waals surface area contributed by atoms with E-state index in [9.17, 15) is 4.79 Å². The summed E-state index contributed by atoms with van der Waals surface area (Å²) in [5, 5.41) is 5.52. The fraction of sp³-hybridized carbons (Fsp3) is 0.292. The summed E-state index contributed by atoms with van der Waals surface area (Å²) in [4.78, 5) is 18.0. The van der Waals surface area contributed by atoms with Crippen LogP contribution in [0.15, 0.2) is 52.4 Å². The highest BCUT2D eigenvalue weighted by Gasteiger charge is 2.22. The van der Waals surface area contributed by atoms with Crippen molar-refractivity contribution < 1.29 is 4.74 Å². The van der Waals surface area contributed by atoms with E-state index in [1.54, 1.807) is 24.4 Å². The molecule has 1 heterocycles. The fourth-order valence-electron chi connectivity index (χ4n) is 3.84. The molecule has 2 aromatic carbocycles. The summed E-state index contributed by atoms with van der Waals surface area (Å²) in [7, 11) is 0. The van der Waals surface area contributed by atoms with E-state index in [0.29, 0.717) is 21.7 Å². The molecule has 0 N–H and O–H groups in total. The monoisotopic (exact) mass is 419 g/mol. The number of hydrogen-bond donors (Lipinski definition) is 0. The Morgan fingerprint density at radius 2 is 2.03 bits per heavy atom. The Hall–Kier alpha value is -3.10. The van der Waals surface area contributed by atoms with Crippen LogP contribution in [0.3, 0.4) is 0 Å². The van der Waals surface area contributed by atoms with Crippen molar-refractivity contribution in [1.29, 1.82) is 0 Å². The zero-order chi connectivity index (χ0) is 20.9. The van der Waals surface area contributed by atoms with Gasteiger partial charge >= 0.3 is 0 Å². The molecule has 0 amide bonds. The van der Waals surface area contributed by atoms with Crippen LogP contribution in [0, 0.1) is 12.3 Å². The van der Waals surface area contributed by atoms with Gasteiger partial charge < -0.3 is 4.74 Å². The Labute approximate surface area is 180 Å². The lowest BCUT2D eigenvalue weighted by molar-refractivity contribution is 0.370. The van der Waals surface area contributed by atoms with E-state index in [1.165, 1.54) is 11.1 Å². The summed E-state index contributed by atoms with van der Waals surface area (Å²) in [5.74, 6) is 3.89. The number of fused-ring (bicyclic) bond motifs is 1. The maximum absolute atomic E-state index is 13.2. The third kappa shape index (κ3) is 4.24. The van der Waals surface area contributed by atoms with Gasteiger partial charge in [-0.05, 0) is 48.7 Å². The predicted molar refractivity (Wildman–Crippen MR) is 121 cm³/mol. The number of nitrogens with zero attached hydrogens (tertiary/aromatic N) is 3. The van der Waals surface area contributed by atoms with Crippen molar-refractivity contribution in [2.24, 2.45) is 5.10 Å². The molecule has 6 heteroatoms. The van der Waals surface area contributed by atoms with E-state index in [-0.39, 0.29) is 18.1 Å². The standard InChI is InChI=1S/C24H22ClN3O2/c1-2-14-30-22-13-12-17(15-20(22)25)16-26-28-23(18-8-4-3-5-9-18)27-21-11-7-6-10-19(21)24(28)29/h1,6-7,10-13,15-16,18H,3-5,8-9,14H2. The molecular weight excluding hydrogens is 398 g/mol. The highest BCUT2D eigenvalue weighted by Crippen LogP contribution is 2.32. The first kappa shape index (κ1) is 20.2. The van der Waals surface area contributed by atoms with Gasteiger partial charge in [0.15, 0.2) is 0 Å². The quantitative estimate of drug-likeness (QED) is 0.432. The van der Waals surface area contributed by atoms with Gasteiger partial charge in [0.05, 0.1) is 22.1 Å². The summed E-state index contributed by atoms with van der Waals surface area (Å²) < 4.78 is 6.85. The molecule has 0 spiro atoms. The van der Waals surface area contributed by atoms with Crippen molar-refractivity contribution in [3.63, 3.8) is 0 Å². The number of para-hydroxylation sites is 1. The van der Waals surface area contributed by atoms with Crippen molar-refractivity contribution in [2.45, 2.75) is 38.0 Å². The molecule has 1 aliphatic carbocycles. The molecule has 0 aliphatic heterocycles. The van der Waals surface area contributed by atoms with Crippen molar-refractivity contribution in [3.05, 3.63) is 69.2 Å². The molecule has 4 rings (SSSR count). The fourth-order valence-corrected chi connectivity index (χ4v) is 4.08. The van der Waals surface area contributed by atoms with E-state index in [1.807, 2.05) is 24.3 Å². The van der Waals surface area contributed by atoms with Crippen molar-refractivity contribution >= 4 is 28.7 Å². The second-order valence-electron chi connectivity index (χ2n) is 7.37. The van der Waals surface area contributed by atoms with Gasteiger partial charge in [-0.25, -0.2) is 4.98 Å². The molecule has 0 saturated heterocycles. The second-order valence-corrected chi connectivity index (χ2v) is 7.77. The number of terminal acetylenes is 1. The van der Waals surface area contributed by atoms with Crippen LogP contribution >= 0.6 is 11.6 Å². The van der Waals surface area contributed by atoms with Gasteiger partial charge in [-0.3, -0.25) is 4.79 Å². The largest absolute Gasteiger partial charge is 0.479 e. The number of ether oxygens (including phenoxy) is 1. The second kappa shape index (κ2) is 9.15. The number of rotatable bonds is 5. The van der Waals surface area contributed by atoms with Gasteiger partial charge in [0.1, 0.15) is 18.2 Å². The first-order chi connectivity index (χ1) is 14.7. The Bertz CT molecular complexity index is 1190. The van der Waals surface area contributed by atoms with Gasteiger partial charge in [-0.1, -0.05) is 48.9 Å². The van der Waals surface area contributed by atoms with Gasteiger partial charge in [0.25, 0.3) is 5.56 Å². The van der Waals surface area contributed by atoms with Crippen molar-refractivity contribution in [3.8, 4) is 18.1 Å². The topological polar surface area (TPSA) is 56.5 Å². The molecule has 3 aromatic rings. The molecule has 0 radical (unpaired) electrons. The van der Waals surface area contributed by atoms with Crippen LogP contribution in [0.5, 0.6) is 5.75 Å². The lowest BCUT2D eigenvalue weighted by atomic mass is 9.88. The van der Waals surface area contributed by atoms with E-state index in [0.717, 1.165) is 37.1 Å². The zero-order valence-corrected chi connectivity index (χ0v) is 17.3. The van der Waals surface area contributed by atoms with Crippen LogP contribution in [0.4, 0.5) is 0 Å². The maximum atomic E-state index is 13.2. The Morgan fingerprint density at radius 3 is 2.80 bits per heavy atom. The summed E-state index contributed by atoms with van der Waals surface area (Å²) in [6.45, 7) is 0.149. The minimum Gasteiger partial charge on any atom is -0.479 e. The molecule has 30 heavy (non-hydrogen) atoms. The van der Waals surface area contributed by atoms with E-state index in [2.05, 4.69) is 11.0 Å². The predicted octanol–water partition coefficient (Wildman–Crippen LogP) is 4.99. The van der Waals surface area contributed by atoms with Gasteiger partial charge in [0.2, 0.25) is 0 Å². The molecule has 1 saturated carbocycles. The van der Waals surface area contributed by atoms with Gasteiger partial charge in [-0.2, -0.15) is 9.78 Å². The molecular formula is C24H22ClN3O2. The average molecular weight is 420 g/mol. The minimum atomic E-state index is -0.155. The van der Waals surface area contributed by atoms with E-state index in [4.69, 9.17) is 27.7 Å². The molecule has 0 bridgehead atoms. The number of benzene rings is 2.